The smallest absolute Gasteiger partial charge is 0.356 e. The van der Waals surface area contributed by atoms with Crippen LogP contribution in [-0.4, -0.2) is 30.1 Å². The normalized spacial score (nSPS) is 11.0. The Morgan fingerprint density at radius 3 is 2.27 bits per heavy atom. The summed E-state index contributed by atoms with van der Waals surface area (Å²) in [5, 5.41) is 5.47. The molecule has 8 heteroatoms. The standard InChI is InChI=1S/C25H25N3O5/c1-17(2)32-21-11-7-8-12-22(21)33-23-14-13-19(15-27-23)26-16-20(25(30)31-3)28-24(29)18-9-5-4-6-10-18/h4-17,26H,1-3H3,(H,28,29). The van der Waals surface area contributed by atoms with Crippen molar-refractivity contribution < 1.29 is 23.8 Å². The highest BCUT2D eigenvalue weighted by Gasteiger charge is 2.15. The number of carbonyl (C=O) groups excluding carboxylic acids is 2. The Balaban J connectivity index is 1.68. The zero-order valence-corrected chi connectivity index (χ0v) is 18.6. The average molecular weight is 447 g/mol. The van der Waals surface area contributed by atoms with Crippen LogP contribution in [0.25, 0.3) is 0 Å². The van der Waals surface area contributed by atoms with E-state index < -0.39 is 11.9 Å². The minimum atomic E-state index is -0.693. The Morgan fingerprint density at radius 2 is 1.64 bits per heavy atom. The van der Waals surface area contributed by atoms with Crippen LogP contribution in [0.15, 0.2) is 84.8 Å². The van der Waals surface area contributed by atoms with Crippen molar-refractivity contribution in [3.8, 4) is 17.4 Å². The molecule has 2 N–H and O–H groups in total. The molecule has 0 unspecified atom stereocenters. The van der Waals surface area contributed by atoms with E-state index in [0.717, 1.165) is 0 Å². The van der Waals surface area contributed by atoms with Crippen LogP contribution in [0.5, 0.6) is 17.4 Å². The van der Waals surface area contributed by atoms with Gasteiger partial charge in [0.05, 0.1) is 25.1 Å². The fraction of sp³-hybridized carbons (Fsp3) is 0.160. The maximum absolute atomic E-state index is 12.4. The summed E-state index contributed by atoms with van der Waals surface area (Å²) in [6, 6.07) is 19.3. The highest BCUT2D eigenvalue weighted by atomic mass is 16.5. The number of esters is 1. The van der Waals surface area contributed by atoms with E-state index in [2.05, 4.69) is 15.6 Å². The van der Waals surface area contributed by atoms with Gasteiger partial charge in [-0.15, -0.1) is 0 Å². The molecule has 0 spiro atoms. The van der Waals surface area contributed by atoms with Crippen molar-refractivity contribution >= 4 is 17.6 Å². The number of nitrogens with zero attached hydrogens (tertiary/aromatic N) is 1. The molecule has 0 fully saturated rings. The van der Waals surface area contributed by atoms with Crippen LogP contribution in [0.2, 0.25) is 0 Å². The molecule has 3 rings (SSSR count). The predicted octanol–water partition coefficient (Wildman–Crippen LogP) is 4.52. The van der Waals surface area contributed by atoms with Crippen LogP contribution in [-0.2, 0) is 9.53 Å². The van der Waals surface area contributed by atoms with Crippen molar-refractivity contribution in [3.05, 3.63) is 90.4 Å². The van der Waals surface area contributed by atoms with E-state index in [-0.39, 0.29) is 11.8 Å². The molecule has 0 aliphatic heterocycles. The number of aromatic nitrogens is 1. The van der Waals surface area contributed by atoms with Crippen molar-refractivity contribution in [1.29, 1.82) is 0 Å². The van der Waals surface area contributed by atoms with Gasteiger partial charge in [-0.25, -0.2) is 9.78 Å². The Bertz CT molecular complexity index is 1110. The molecule has 0 saturated heterocycles. The zero-order valence-electron chi connectivity index (χ0n) is 18.6. The lowest BCUT2D eigenvalue weighted by molar-refractivity contribution is -0.136. The number of ether oxygens (including phenoxy) is 3. The maximum Gasteiger partial charge on any atom is 0.356 e. The zero-order chi connectivity index (χ0) is 23.6. The monoisotopic (exact) mass is 447 g/mol. The van der Waals surface area contributed by atoms with Crippen molar-refractivity contribution in [3.63, 3.8) is 0 Å². The number of nitrogens with one attached hydrogen (secondary N) is 2. The molecule has 1 aromatic heterocycles. The van der Waals surface area contributed by atoms with Crippen LogP contribution < -0.4 is 20.1 Å². The first-order chi connectivity index (χ1) is 16.0. The first-order valence-corrected chi connectivity index (χ1v) is 10.3. The van der Waals surface area contributed by atoms with Gasteiger partial charge in [-0.2, -0.15) is 0 Å². The molecule has 0 radical (unpaired) electrons. The predicted molar refractivity (Wildman–Crippen MR) is 124 cm³/mol. The van der Waals surface area contributed by atoms with Crippen LogP contribution in [0.3, 0.4) is 0 Å². The van der Waals surface area contributed by atoms with Gasteiger partial charge in [-0.1, -0.05) is 30.3 Å². The van der Waals surface area contributed by atoms with Gasteiger partial charge in [-0.05, 0) is 44.2 Å². The first-order valence-electron chi connectivity index (χ1n) is 10.3. The van der Waals surface area contributed by atoms with Gasteiger partial charge < -0.3 is 24.8 Å². The van der Waals surface area contributed by atoms with Crippen LogP contribution in [0.1, 0.15) is 24.2 Å². The molecule has 0 aliphatic carbocycles. The highest BCUT2D eigenvalue weighted by molar-refractivity contribution is 6.01. The van der Waals surface area contributed by atoms with E-state index in [1.165, 1.54) is 19.5 Å². The average Bonchev–Trinajstić information content (AvgIpc) is 2.83. The van der Waals surface area contributed by atoms with Gasteiger partial charge in [0.15, 0.2) is 11.5 Å². The molecule has 1 heterocycles. The fourth-order valence-electron chi connectivity index (χ4n) is 2.72. The minimum Gasteiger partial charge on any atom is -0.487 e. The molecule has 33 heavy (non-hydrogen) atoms. The maximum atomic E-state index is 12.4. The van der Waals surface area contributed by atoms with Crippen molar-refractivity contribution in [1.82, 2.24) is 10.3 Å². The Hall–Kier alpha value is -4.33. The lowest BCUT2D eigenvalue weighted by atomic mass is 10.2. The SMILES string of the molecule is COC(=O)C(=CNc1ccc(Oc2ccccc2OC(C)C)nc1)NC(=O)c1ccccc1. The van der Waals surface area contributed by atoms with Crippen molar-refractivity contribution in [2.45, 2.75) is 20.0 Å². The number of pyridine rings is 1. The van der Waals surface area contributed by atoms with Gasteiger partial charge in [-0.3, -0.25) is 4.79 Å². The second-order valence-electron chi connectivity index (χ2n) is 7.11. The van der Waals surface area contributed by atoms with E-state index >= 15 is 0 Å². The number of anilines is 1. The van der Waals surface area contributed by atoms with Crippen LogP contribution >= 0.6 is 0 Å². The van der Waals surface area contributed by atoms with E-state index in [1.54, 1.807) is 48.5 Å². The molecule has 3 aromatic rings. The van der Waals surface area contributed by atoms with E-state index in [1.807, 2.05) is 32.0 Å². The summed E-state index contributed by atoms with van der Waals surface area (Å²) >= 11 is 0. The molecule has 2 aromatic carbocycles. The summed E-state index contributed by atoms with van der Waals surface area (Å²) in [6.45, 7) is 3.88. The quantitative estimate of drug-likeness (QED) is 0.368. The molecular formula is C25H25N3O5. The Kier molecular flexibility index (Phi) is 8.02. The number of carbonyl (C=O) groups is 2. The van der Waals surface area contributed by atoms with Gasteiger partial charge in [0.25, 0.3) is 5.91 Å². The van der Waals surface area contributed by atoms with Gasteiger partial charge in [0.1, 0.15) is 5.70 Å². The summed E-state index contributed by atoms with van der Waals surface area (Å²) in [7, 11) is 1.24. The van der Waals surface area contributed by atoms with E-state index in [9.17, 15) is 9.59 Å². The summed E-state index contributed by atoms with van der Waals surface area (Å²) in [4.78, 5) is 28.7. The van der Waals surface area contributed by atoms with Gasteiger partial charge in [0.2, 0.25) is 5.88 Å². The third kappa shape index (κ3) is 6.83. The summed E-state index contributed by atoms with van der Waals surface area (Å²) < 4.78 is 16.3. The topological polar surface area (TPSA) is 98.8 Å². The number of methoxy groups -OCH3 is 1. The summed E-state index contributed by atoms with van der Waals surface area (Å²) in [5.74, 6) is 0.418. The molecule has 0 atom stereocenters. The number of hydrogen-bond acceptors (Lipinski definition) is 7. The fourth-order valence-corrected chi connectivity index (χ4v) is 2.72. The summed E-state index contributed by atoms with van der Waals surface area (Å²) in [6.07, 6.45) is 2.88. The number of benzene rings is 2. The first kappa shape index (κ1) is 23.3. The molecule has 170 valence electrons. The van der Waals surface area contributed by atoms with E-state index in [0.29, 0.717) is 28.6 Å². The third-order valence-corrected chi connectivity index (χ3v) is 4.24. The second-order valence-corrected chi connectivity index (χ2v) is 7.11. The van der Waals surface area contributed by atoms with E-state index in [4.69, 9.17) is 14.2 Å². The lowest BCUT2D eigenvalue weighted by Gasteiger charge is -2.14. The van der Waals surface area contributed by atoms with Crippen molar-refractivity contribution in [2.75, 3.05) is 12.4 Å². The molecule has 1 amide bonds. The number of hydrogen-bond donors (Lipinski definition) is 2. The molecular weight excluding hydrogens is 422 g/mol. The van der Waals surface area contributed by atoms with Crippen LogP contribution in [0.4, 0.5) is 5.69 Å². The summed E-state index contributed by atoms with van der Waals surface area (Å²) in [5.41, 5.74) is 0.938. The number of para-hydroxylation sites is 2. The lowest BCUT2D eigenvalue weighted by Crippen LogP contribution is -2.28. The molecule has 8 nitrogen and oxygen atoms in total. The Labute approximate surface area is 192 Å². The second kappa shape index (κ2) is 11.3. The third-order valence-electron chi connectivity index (χ3n) is 4.24. The molecule has 0 saturated carbocycles. The van der Waals surface area contributed by atoms with Gasteiger partial charge in [0, 0.05) is 17.8 Å². The number of rotatable bonds is 9. The van der Waals surface area contributed by atoms with Gasteiger partial charge >= 0.3 is 5.97 Å². The molecule has 0 aliphatic rings. The number of amides is 1. The highest BCUT2D eigenvalue weighted by Crippen LogP contribution is 2.31. The molecule has 0 bridgehead atoms. The minimum absolute atomic E-state index is 0.00691. The largest absolute Gasteiger partial charge is 0.487 e. The van der Waals surface area contributed by atoms with Crippen molar-refractivity contribution in [2.24, 2.45) is 0 Å². The van der Waals surface area contributed by atoms with Crippen LogP contribution in [0, 0.1) is 0 Å². The Morgan fingerprint density at radius 1 is 0.939 bits per heavy atom.